The third-order valence-corrected chi connectivity index (χ3v) is 6.36. The Bertz CT molecular complexity index is 956. The largest absolute Gasteiger partial charge is 0.494 e. The van der Waals surface area contributed by atoms with Gasteiger partial charge in [0, 0.05) is 25.3 Å². The summed E-state index contributed by atoms with van der Waals surface area (Å²) in [5, 5.41) is 12.3. The fourth-order valence-electron chi connectivity index (χ4n) is 4.54. The molecule has 182 valence electrons. The molecule has 5 heteroatoms. The topological polar surface area (TPSA) is 75.6 Å². The molecule has 1 aromatic rings. The maximum Gasteiger partial charge on any atom is 0.303 e. The van der Waals surface area contributed by atoms with Crippen LogP contribution in [-0.4, -0.2) is 30.1 Å². The molecule has 2 N–H and O–H groups in total. The van der Waals surface area contributed by atoms with Gasteiger partial charge in [-0.3, -0.25) is 9.59 Å². The highest BCUT2D eigenvalue weighted by atomic mass is 16.5. The molecule has 0 aliphatic heterocycles. The maximum absolute atomic E-state index is 13.3. The molecular formula is C29H37NO4. The first-order valence-corrected chi connectivity index (χ1v) is 12.3. The van der Waals surface area contributed by atoms with Crippen LogP contribution in [0.4, 0.5) is 0 Å². The summed E-state index contributed by atoms with van der Waals surface area (Å²) < 4.78 is 5.97. The number of ether oxygens (including phenoxy) is 1. The predicted molar refractivity (Wildman–Crippen MR) is 135 cm³/mol. The summed E-state index contributed by atoms with van der Waals surface area (Å²) in [4.78, 5) is 24.5. The van der Waals surface area contributed by atoms with Crippen molar-refractivity contribution in [2.45, 2.75) is 58.3 Å². The van der Waals surface area contributed by atoms with Crippen LogP contribution in [0.2, 0.25) is 0 Å². The number of rotatable bonds is 12. The lowest BCUT2D eigenvalue weighted by atomic mass is 9.83. The van der Waals surface area contributed by atoms with Crippen molar-refractivity contribution < 1.29 is 19.4 Å². The summed E-state index contributed by atoms with van der Waals surface area (Å²) >= 11 is 0. The number of nitrogens with one attached hydrogen (secondary N) is 1. The Morgan fingerprint density at radius 3 is 2.62 bits per heavy atom. The van der Waals surface area contributed by atoms with Gasteiger partial charge in [-0.05, 0) is 48.8 Å². The van der Waals surface area contributed by atoms with Crippen molar-refractivity contribution >= 4 is 11.9 Å². The van der Waals surface area contributed by atoms with Crippen LogP contribution in [0.15, 0.2) is 77.6 Å². The minimum absolute atomic E-state index is 0.0223. The quantitative estimate of drug-likeness (QED) is 0.403. The standard InChI is InChI=1S/C29H37NO4/c1-21(2)17-25(23-9-5-3-6-10-23)19-30-29(33)27-18-22(13-14-24(27)15-16-28(31)32)20-34-26-11-7-4-8-12-26/h3-7,9-11,13-14,21,25,27H,8,12,15-20H2,1-2H3,(H,30,33)(H,31,32). The van der Waals surface area contributed by atoms with Gasteiger partial charge in [-0.2, -0.15) is 0 Å². The van der Waals surface area contributed by atoms with Gasteiger partial charge >= 0.3 is 5.97 Å². The molecule has 2 aliphatic rings. The third-order valence-electron chi connectivity index (χ3n) is 6.36. The van der Waals surface area contributed by atoms with E-state index in [-0.39, 0.29) is 24.2 Å². The second-order valence-corrected chi connectivity index (χ2v) is 9.59. The Morgan fingerprint density at radius 1 is 1.15 bits per heavy atom. The number of hydrogen-bond donors (Lipinski definition) is 2. The molecular weight excluding hydrogens is 426 g/mol. The minimum Gasteiger partial charge on any atom is -0.494 e. The van der Waals surface area contributed by atoms with E-state index in [9.17, 15) is 9.59 Å². The lowest BCUT2D eigenvalue weighted by Crippen LogP contribution is -2.36. The second-order valence-electron chi connectivity index (χ2n) is 9.59. The van der Waals surface area contributed by atoms with Crippen LogP contribution in [0.5, 0.6) is 0 Å². The Hall–Kier alpha value is -3.08. The first kappa shape index (κ1) is 25.5. The van der Waals surface area contributed by atoms with Gasteiger partial charge in [-0.15, -0.1) is 0 Å². The summed E-state index contributed by atoms with van der Waals surface area (Å²) in [6, 6.07) is 10.3. The number of carbonyl (C=O) groups excluding carboxylic acids is 1. The molecule has 0 saturated heterocycles. The van der Waals surface area contributed by atoms with Crippen molar-refractivity contribution in [3.63, 3.8) is 0 Å². The SMILES string of the molecule is CC(C)CC(CNC(=O)C1CC(COC2=CC=CCC2)=CC=C1CCC(=O)O)c1ccccc1. The zero-order valence-electron chi connectivity index (χ0n) is 20.3. The number of carbonyl (C=O) groups is 2. The van der Waals surface area contributed by atoms with Gasteiger partial charge in [0.2, 0.25) is 5.91 Å². The van der Waals surface area contributed by atoms with Crippen molar-refractivity contribution in [2.75, 3.05) is 13.2 Å². The van der Waals surface area contributed by atoms with Gasteiger partial charge in [-0.25, -0.2) is 0 Å². The van der Waals surface area contributed by atoms with Crippen LogP contribution in [0.3, 0.4) is 0 Å². The first-order valence-electron chi connectivity index (χ1n) is 12.3. The van der Waals surface area contributed by atoms with Gasteiger partial charge in [0.1, 0.15) is 6.61 Å². The number of carboxylic acid groups (broad SMARTS) is 1. The molecule has 3 rings (SSSR count). The maximum atomic E-state index is 13.3. The molecule has 2 aliphatic carbocycles. The highest BCUT2D eigenvalue weighted by molar-refractivity contribution is 5.82. The zero-order chi connectivity index (χ0) is 24.3. The van der Waals surface area contributed by atoms with E-state index in [1.165, 1.54) is 5.56 Å². The van der Waals surface area contributed by atoms with Crippen LogP contribution >= 0.6 is 0 Å². The summed E-state index contributed by atoms with van der Waals surface area (Å²) in [5.41, 5.74) is 3.16. The van der Waals surface area contributed by atoms with Gasteiger partial charge in [-0.1, -0.05) is 74.1 Å². The fourth-order valence-corrected chi connectivity index (χ4v) is 4.54. The van der Waals surface area contributed by atoms with Crippen molar-refractivity contribution in [1.29, 1.82) is 0 Å². The molecule has 34 heavy (non-hydrogen) atoms. The van der Waals surface area contributed by atoms with E-state index >= 15 is 0 Å². The molecule has 0 bridgehead atoms. The molecule has 0 heterocycles. The van der Waals surface area contributed by atoms with Gasteiger partial charge in [0.15, 0.2) is 0 Å². The predicted octanol–water partition coefficient (Wildman–Crippen LogP) is 5.92. The molecule has 0 spiro atoms. The summed E-state index contributed by atoms with van der Waals surface area (Å²) in [6.45, 7) is 5.41. The normalized spacial score (nSPS) is 18.6. The minimum atomic E-state index is -0.850. The highest BCUT2D eigenvalue weighted by Gasteiger charge is 2.27. The number of benzene rings is 1. The van der Waals surface area contributed by atoms with E-state index in [0.29, 0.717) is 31.9 Å². The van der Waals surface area contributed by atoms with Gasteiger partial charge in [0.25, 0.3) is 0 Å². The van der Waals surface area contributed by atoms with Crippen molar-refractivity contribution in [3.8, 4) is 0 Å². The molecule has 0 fully saturated rings. The van der Waals surface area contributed by atoms with Crippen LogP contribution < -0.4 is 5.32 Å². The fraction of sp³-hybridized carbons (Fsp3) is 0.448. The zero-order valence-corrected chi connectivity index (χ0v) is 20.3. The molecule has 0 radical (unpaired) electrons. The third kappa shape index (κ3) is 8.05. The lowest BCUT2D eigenvalue weighted by Gasteiger charge is -2.26. The van der Waals surface area contributed by atoms with E-state index in [1.807, 2.05) is 42.5 Å². The van der Waals surface area contributed by atoms with Crippen LogP contribution in [0.25, 0.3) is 0 Å². The molecule has 2 atom stereocenters. The number of amides is 1. The monoisotopic (exact) mass is 463 g/mol. The van der Waals surface area contributed by atoms with Crippen LogP contribution in [0.1, 0.15) is 63.9 Å². The van der Waals surface area contributed by atoms with Crippen molar-refractivity contribution in [3.05, 3.63) is 83.2 Å². The lowest BCUT2D eigenvalue weighted by molar-refractivity contribution is -0.137. The summed E-state index contributed by atoms with van der Waals surface area (Å²) in [7, 11) is 0. The Labute approximate surface area is 203 Å². The molecule has 5 nitrogen and oxygen atoms in total. The number of allylic oxidation sites excluding steroid dienone is 6. The summed E-state index contributed by atoms with van der Waals surface area (Å²) in [6.07, 6.45) is 13.8. The van der Waals surface area contributed by atoms with E-state index in [1.54, 1.807) is 0 Å². The van der Waals surface area contributed by atoms with Crippen molar-refractivity contribution in [1.82, 2.24) is 5.32 Å². The van der Waals surface area contributed by atoms with E-state index in [2.05, 4.69) is 37.4 Å². The molecule has 1 amide bonds. The van der Waals surface area contributed by atoms with E-state index in [4.69, 9.17) is 9.84 Å². The number of aliphatic carboxylic acids is 1. The Kier molecular flexibility index (Phi) is 9.75. The summed E-state index contributed by atoms with van der Waals surface area (Å²) in [5.74, 6) is 0.467. The van der Waals surface area contributed by atoms with E-state index in [0.717, 1.165) is 36.2 Å². The average molecular weight is 464 g/mol. The number of hydrogen-bond acceptors (Lipinski definition) is 3. The highest BCUT2D eigenvalue weighted by Crippen LogP contribution is 2.30. The first-order chi connectivity index (χ1) is 16.4. The molecule has 0 saturated carbocycles. The van der Waals surface area contributed by atoms with Crippen molar-refractivity contribution in [2.24, 2.45) is 11.8 Å². The Balaban J connectivity index is 1.66. The Morgan fingerprint density at radius 2 is 1.94 bits per heavy atom. The molecule has 2 unspecified atom stereocenters. The van der Waals surface area contributed by atoms with E-state index < -0.39 is 5.97 Å². The average Bonchev–Trinajstić information content (AvgIpc) is 2.85. The number of carboxylic acids is 1. The van der Waals surface area contributed by atoms with Gasteiger partial charge in [0.05, 0.1) is 11.7 Å². The van der Waals surface area contributed by atoms with Gasteiger partial charge < -0.3 is 15.2 Å². The molecule has 0 aromatic heterocycles. The van der Waals surface area contributed by atoms with Crippen LogP contribution in [0, 0.1) is 11.8 Å². The smallest absolute Gasteiger partial charge is 0.303 e. The second kappa shape index (κ2) is 13.0. The molecule has 1 aromatic carbocycles. The van der Waals surface area contributed by atoms with Crippen LogP contribution in [-0.2, 0) is 14.3 Å².